The summed E-state index contributed by atoms with van der Waals surface area (Å²) in [4.78, 5) is 23.1. The topological polar surface area (TPSA) is 93.5 Å². The van der Waals surface area contributed by atoms with E-state index in [-0.39, 0.29) is 18.6 Å². The fraction of sp³-hybridized carbons (Fsp3) is 0.429. The van der Waals surface area contributed by atoms with Gasteiger partial charge in [0.25, 0.3) is 5.91 Å². The molecule has 0 aromatic heterocycles. The number of benzene rings is 1. The lowest BCUT2D eigenvalue weighted by atomic mass is 10.1. The summed E-state index contributed by atoms with van der Waals surface area (Å²) >= 11 is 0. The Kier molecular flexibility index (Phi) is 5.09. The van der Waals surface area contributed by atoms with E-state index >= 15 is 0 Å². The molecule has 0 radical (unpaired) electrons. The van der Waals surface area contributed by atoms with Crippen LogP contribution in [0.3, 0.4) is 0 Å². The maximum absolute atomic E-state index is 11.8. The minimum absolute atomic E-state index is 0.0161. The monoisotopic (exact) mass is 277 g/mol. The molecular formula is C14H19N3O3. The van der Waals surface area contributed by atoms with Crippen molar-refractivity contribution in [3.8, 4) is 0 Å². The number of anilines is 1. The Morgan fingerprint density at radius 1 is 1.30 bits per heavy atom. The summed E-state index contributed by atoms with van der Waals surface area (Å²) < 4.78 is 5.55. The number of carbonyl (C=O) groups is 2. The molecule has 108 valence electrons. The van der Waals surface area contributed by atoms with Gasteiger partial charge in [-0.15, -0.1) is 0 Å². The number of nitrogens with two attached hydrogens (primary N) is 1. The molecule has 0 spiro atoms. The van der Waals surface area contributed by atoms with Gasteiger partial charge in [0.2, 0.25) is 5.91 Å². The molecule has 1 fully saturated rings. The number of hydrogen-bond donors (Lipinski definition) is 3. The molecule has 4 N–H and O–H groups in total. The van der Waals surface area contributed by atoms with E-state index in [0.717, 1.165) is 25.9 Å². The van der Waals surface area contributed by atoms with Gasteiger partial charge in [0.1, 0.15) is 6.61 Å². The summed E-state index contributed by atoms with van der Waals surface area (Å²) in [6.45, 7) is 1.81. The number of para-hydroxylation sites is 1. The smallest absolute Gasteiger partial charge is 0.250 e. The van der Waals surface area contributed by atoms with Crippen molar-refractivity contribution in [1.82, 2.24) is 5.32 Å². The number of piperidine rings is 1. The molecule has 1 aromatic rings. The number of rotatable bonds is 5. The van der Waals surface area contributed by atoms with Crippen LogP contribution in [0.5, 0.6) is 0 Å². The Hall–Kier alpha value is -1.92. The Morgan fingerprint density at radius 2 is 2.00 bits per heavy atom. The zero-order chi connectivity index (χ0) is 14.4. The van der Waals surface area contributed by atoms with E-state index in [4.69, 9.17) is 10.5 Å². The number of amides is 2. The molecule has 1 saturated heterocycles. The molecule has 6 heteroatoms. The van der Waals surface area contributed by atoms with Crippen molar-refractivity contribution in [2.24, 2.45) is 5.73 Å². The van der Waals surface area contributed by atoms with E-state index < -0.39 is 5.91 Å². The number of hydrogen-bond acceptors (Lipinski definition) is 4. The van der Waals surface area contributed by atoms with Gasteiger partial charge >= 0.3 is 0 Å². The highest BCUT2D eigenvalue weighted by Crippen LogP contribution is 2.14. The molecule has 0 atom stereocenters. The highest BCUT2D eigenvalue weighted by atomic mass is 16.5. The normalized spacial score (nSPS) is 15.8. The van der Waals surface area contributed by atoms with Gasteiger partial charge in [-0.1, -0.05) is 12.1 Å². The number of ether oxygens (including phenoxy) is 1. The molecular weight excluding hydrogens is 258 g/mol. The average molecular weight is 277 g/mol. The number of nitrogens with one attached hydrogen (secondary N) is 2. The molecule has 1 aliphatic rings. The first-order chi connectivity index (χ1) is 9.66. The fourth-order valence-corrected chi connectivity index (χ4v) is 2.15. The molecule has 0 bridgehead atoms. The van der Waals surface area contributed by atoms with E-state index in [9.17, 15) is 9.59 Å². The first-order valence-electron chi connectivity index (χ1n) is 6.68. The van der Waals surface area contributed by atoms with Crippen molar-refractivity contribution in [3.63, 3.8) is 0 Å². The van der Waals surface area contributed by atoms with Crippen LogP contribution in [0.15, 0.2) is 24.3 Å². The lowest BCUT2D eigenvalue weighted by Gasteiger charge is -2.22. The summed E-state index contributed by atoms with van der Waals surface area (Å²) in [5, 5.41) is 5.88. The van der Waals surface area contributed by atoms with Crippen LogP contribution < -0.4 is 16.4 Å². The Labute approximate surface area is 117 Å². The molecule has 0 unspecified atom stereocenters. The largest absolute Gasteiger partial charge is 0.368 e. The molecule has 20 heavy (non-hydrogen) atoms. The van der Waals surface area contributed by atoms with Crippen LogP contribution in [0.2, 0.25) is 0 Å². The van der Waals surface area contributed by atoms with Crippen LogP contribution in [0.1, 0.15) is 23.2 Å². The van der Waals surface area contributed by atoms with Crippen molar-refractivity contribution in [2.45, 2.75) is 18.9 Å². The summed E-state index contributed by atoms with van der Waals surface area (Å²) in [6, 6.07) is 6.64. The van der Waals surface area contributed by atoms with Gasteiger partial charge in [-0.3, -0.25) is 9.59 Å². The Balaban J connectivity index is 1.86. The average Bonchev–Trinajstić information content (AvgIpc) is 2.46. The Bertz CT molecular complexity index is 484. The van der Waals surface area contributed by atoms with Gasteiger partial charge in [-0.05, 0) is 38.1 Å². The van der Waals surface area contributed by atoms with E-state index in [0.29, 0.717) is 11.3 Å². The minimum Gasteiger partial charge on any atom is -0.368 e. The number of primary amides is 1. The highest BCUT2D eigenvalue weighted by molar-refractivity contribution is 6.03. The third kappa shape index (κ3) is 4.04. The SMILES string of the molecule is NC(=O)c1ccccc1NC(=O)COC1CCNCC1. The number of carbonyl (C=O) groups excluding carboxylic acids is 2. The van der Waals surface area contributed by atoms with Crippen LogP contribution in [0.25, 0.3) is 0 Å². The summed E-state index contributed by atoms with van der Waals surface area (Å²) in [7, 11) is 0. The third-order valence-electron chi connectivity index (χ3n) is 3.20. The van der Waals surface area contributed by atoms with Crippen LogP contribution in [0, 0.1) is 0 Å². The summed E-state index contributed by atoms with van der Waals surface area (Å²) in [5.41, 5.74) is 5.96. The van der Waals surface area contributed by atoms with Gasteiger partial charge in [-0.25, -0.2) is 0 Å². The zero-order valence-corrected chi connectivity index (χ0v) is 11.2. The molecule has 1 aromatic carbocycles. The van der Waals surface area contributed by atoms with Crippen molar-refractivity contribution in [3.05, 3.63) is 29.8 Å². The van der Waals surface area contributed by atoms with Crippen LogP contribution in [-0.2, 0) is 9.53 Å². The molecule has 1 heterocycles. The predicted molar refractivity (Wildman–Crippen MR) is 75.4 cm³/mol. The second-order valence-electron chi connectivity index (χ2n) is 4.72. The van der Waals surface area contributed by atoms with E-state index in [1.54, 1.807) is 24.3 Å². The quantitative estimate of drug-likeness (QED) is 0.730. The molecule has 0 aliphatic carbocycles. The maximum atomic E-state index is 11.8. The molecule has 6 nitrogen and oxygen atoms in total. The third-order valence-corrected chi connectivity index (χ3v) is 3.20. The van der Waals surface area contributed by atoms with E-state index in [2.05, 4.69) is 10.6 Å². The van der Waals surface area contributed by atoms with Gasteiger partial charge in [0, 0.05) is 0 Å². The van der Waals surface area contributed by atoms with Crippen molar-refractivity contribution in [1.29, 1.82) is 0 Å². The van der Waals surface area contributed by atoms with E-state index in [1.807, 2.05) is 0 Å². The first kappa shape index (κ1) is 14.5. The highest BCUT2D eigenvalue weighted by Gasteiger charge is 2.16. The van der Waals surface area contributed by atoms with Crippen LogP contribution >= 0.6 is 0 Å². The first-order valence-corrected chi connectivity index (χ1v) is 6.68. The summed E-state index contributed by atoms with van der Waals surface area (Å²) in [5.74, 6) is -0.850. The lowest BCUT2D eigenvalue weighted by Crippen LogP contribution is -2.34. The second kappa shape index (κ2) is 7.02. The zero-order valence-electron chi connectivity index (χ0n) is 11.2. The van der Waals surface area contributed by atoms with Gasteiger partial charge in [0.05, 0.1) is 17.4 Å². The van der Waals surface area contributed by atoms with E-state index in [1.165, 1.54) is 0 Å². The van der Waals surface area contributed by atoms with Gasteiger partial charge in [-0.2, -0.15) is 0 Å². The molecule has 2 rings (SSSR count). The second-order valence-corrected chi connectivity index (χ2v) is 4.72. The molecule has 1 aliphatic heterocycles. The standard InChI is InChI=1S/C14H19N3O3/c15-14(19)11-3-1-2-4-12(11)17-13(18)9-20-10-5-7-16-8-6-10/h1-4,10,16H,5-9H2,(H2,15,19)(H,17,18). The summed E-state index contributed by atoms with van der Waals surface area (Å²) in [6.07, 6.45) is 1.93. The molecule has 0 saturated carbocycles. The fourth-order valence-electron chi connectivity index (χ4n) is 2.15. The van der Waals surface area contributed by atoms with Crippen molar-refractivity contribution >= 4 is 17.5 Å². The van der Waals surface area contributed by atoms with Crippen LogP contribution in [-0.4, -0.2) is 37.6 Å². The molecule has 2 amide bonds. The van der Waals surface area contributed by atoms with Crippen molar-refractivity contribution < 1.29 is 14.3 Å². The van der Waals surface area contributed by atoms with Crippen LogP contribution in [0.4, 0.5) is 5.69 Å². The Morgan fingerprint density at radius 3 is 2.70 bits per heavy atom. The maximum Gasteiger partial charge on any atom is 0.250 e. The van der Waals surface area contributed by atoms with Gasteiger partial charge < -0.3 is 21.1 Å². The van der Waals surface area contributed by atoms with Gasteiger partial charge in [0.15, 0.2) is 0 Å². The predicted octanol–water partition coefficient (Wildman–Crippen LogP) is 0.493. The lowest BCUT2D eigenvalue weighted by molar-refractivity contribution is -0.123. The minimum atomic E-state index is -0.569. The van der Waals surface area contributed by atoms with Crippen molar-refractivity contribution in [2.75, 3.05) is 25.0 Å².